The van der Waals surface area contributed by atoms with Gasteiger partial charge in [-0.15, -0.1) is 0 Å². The lowest BCUT2D eigenvalue weighted by Crippen LogP contribution is -2.61. The SMILES string of the molecule is CC[C@](CNc1cc(C(F)(F)F)nc2cc(C(F)(F)F)nn12)(c1ccc(F)cc1)C1CN(C(N)=O)C1. The second kappa shape index (κ2) is 8.82. The first-order valence-electron chi connectivity index (χ1n) is 10.8. The molecule has 3 aromatic rings. The summed E-state index contributed by atoms with van der Waals surface area (Å²) in [5.41, 5.74) is 1.73. The standard InChI is InChI=1S/C22H21F7N6O/c1-2-20(12-3-5-14(23)6-4-12,13-9-34(10-13)19(30)36)11-31-17-7-15(21(24,25)26)32-18-8-16(22(27,28)29)33-35(17)18/h3-8,13,31H,2,9-11H2,1H3,(H2,30,36)/t20-/m0/s1. The monoisotopic (exact) mass is 518 g/mol. The van der Waals surface area contributed by atoms with E-state index in [1.54, 1.807) is 0 Å². The van der Waals surface area contributed by atoms with E-state index in [4.69, 9.17) is 5.73 Å². The number of aromatic nitrogens is 3. The molecule has 3 N–H and O–H groups in total. The molecule has 2 amide bonds. The molecule has 0 unspecified atom stereocenters. The van der Waals surface area contributed by atoms with E-state index >= 15 is 0 Å². The van der Waals surface area contributed by atoms with E-state index in [9.17, 15) is 35.5 Å². The number of alkyl halides is 6. The van der Waals surface area contributed by atoms with Gasteiger partial charge in [0.1, 0.15) is 11.6 Å². The van der Waals surface area contributed by atoms with Gasteiger partial charge in [-0.05, 0) is 24.1 Å². The number of carbonyl (C=O) groups excluding carboxylic acids is 1. The van der Waals surface area contributed by atoms with Crippen LogP contribution >= 0.6 is 0 Å². The molecule has 0 radical (unpaired) electrons. The Morgan fingerprint density at radius 3 is 2.19 bits per heavy atom. The zero-order chi connectivity index (χ0) is 26.5. The van der Waals surface area contributed by atoms with Crippen LogP contribution in [0.1, 0.15) is 30.3 Å². The average Bonchev–Trinajstić information content (AvgIpc) is 3.20. The van der Waals surface area contributed by atoms with Crippen molar-refractivity contribution < 1.29 is 35.5 Å². The number of nitrogens with two attached hydrogens (primary N) is 1. The molecular weight excluding hydrogens is 497 g/mol. The molecule has 3 heterocycles. The third-order valence-corrected chi connectivity index (χ3v) is 6.62. The fourth-order valence-electron chi connectivity index (χ4n) is 4.52. The van der Waals surface area contributed by atoms with Crippen molar-refractivity contribution in [3.05, 3.63) is 59.2 Å². The number of carbonyl (C=O) groups is 1. The van der Waals surface area contributed by atoms with Crippen LogP contribution in [0.5, 0.6) is 0 Å². The van der Waals surface area contributed by atoms with Crippen molar-refractivity contribution in [1.29, 1.82) is 0 Å². The van der Waals surface area contributed by atoms with Gasteiger partial charge in [0.25, 0.3) is 0 Å². The lowest BCUT2D eigenvalue weighted by molar-refractivity contribution is -0.142. The van der Waals surface area contributed by atoms with Gasteiger partial charge < -0.3 is 16.0 Å². The van der Waals surface area contributed by atoms with E-state index in [1.165, 1.54) is 29.2 Å². The maximum Gasteiger partial charge on any atom is 0.435 e. The Kier molecular flexibility index (Phi) is 6.25. The van der Waals surface area contributed by atoms with Crippen molar-refractivity contribution in [2.75, 3.05) is 25.0 Å². The number of anilines is 1. The van der Waals surface area contributed by atoms with E-state index in [1.807, 2.05) is 6.92 Å². The summed E-state index contributed by atoms with van der Waals surface area (Å²) < 4.78 is 94.3. The van der Waals surface area contributed by atoms with E-state index in [0.717, 1.165) is 0 Å². The average molecular weight is 518 g/mol. The second-order valence-corrected chi connectivity index (χ2v) is 8.63. The zero-order valence-corrected chi connectivity index (χ0v) is 18.8. The van der Waals surface area contributed by atoms with Crippen molar-refractivity contribution in [3.63, 3.8) is 0 Å². The van der Waals surface area contributed by atoms with Crippen LogP contribution in [0.25, 0.3) is 5.65 Å². The highest BCUT2D eigenvalue weighted by molar-refractivity contribution is 5.73. The first-order valence-corrected chi connectivity index (χ1v) is 10.8. The minimum atomic E-state index is -4.92. The van der Waals surface area contributed by atoms with Gasteiger partial charge in [-0.1, -0.05) is 19.1 Å². The number of hydrogen-bond acceptors (Lipinski definition) is 4. The summed E-state index contributed by atoms with van der Waals surface area (Å²) in [5.74, 6) is -1.06. The first-order chi connectivity index (χ1) is 16.7. The van der Waals surface area contributed by atoms with Gasteiger partial charge in [-0.3, -0.25) is 0 Å². The third-order valence-electron chi connectivity index (χ3n) is 6.62. The smallest absolute Gasteiger partial charge is 0.369 e. The van der Waals surface area contributed by atoms with Crippen LogP contribution in [0.15, 0.2) is 36.4 Å². The molecular formula is C22H21F7N6O. The van der Waals surface area contributed by atoms with E-state index in [2.05, 4.69) is 15.4 Å². The maximum atomic E-state index is 13.6. The number of rotatable bonds is 6. The molecule has 1 saturated heterocycles. The first kappa shape index (κ1) is 25.5. The molecule has 0 spiro atoms. The normalized spacial score (nSPS) is 16.6. The number of likely N-dealkylation sites (tertiary alicyclic amines) is 1. The Balaban J connectivity index is 1.76. The largest absolute Gasteiger partial charge is 0.435 e. The van der Waals surface area contributed by atoms with Gasteiger partial charge >= 0.3 is 18.4 Å². The molecule has 1 aliphatic rings. The quantitative estimate of drug-likeness (QED) is 0.464. The topological polar surface area (TPSA) is 88.6 Å². The molecule has 0 bridgehead atoms. The van der Waals surface area contributed by atoms with Crippen LogP contribution in [0.4, 0.5) is 41.3 Å². The van der Waals surface area contributed by atoms with Gasteiger partial charge in [0.2, 0.25) is 0 Å². The Morgan fingerprint density at radius 2 is 1.67 bits per heavy atom. The molecule has 194 valence electrons. The Bertz CT molecular complexity index is 1260. The summed E-state index contributed by atoms with van der Waals surface area (Å²) >= 11 is 0. The van der Waals surface area contributed by atoms with Gasteiger partial charge in [0.05, 0.1) is 0 Å². The van der Waals surface area contributed by atoms with Crippen molar-refractivity contribution in [3.8, 4) is 0 Å². The molecule has 1 aromatic carbocycles. The highest BCUT2D eigenvalue weighted by Gasteiger charge is 2.46. The van der Waals surface area contributed by atoms with Crippen LogP contribution in [-0.2, 0) is 17.8 Å². The fraction of sp³-hybridized carbons (Fsp3) is 0.409. The van der Waals surface area contributed by atoms with E-state index < -0.39 is 46.7 Å². The van der Waals surface area contributed by atoms with Gasteiger partial charge in [0.15, 0.2) is 17.0 Å². The number of hydrogen-bond donors (Lipinski definition) is 2. The molecule has 0 aliphatic carbocycles. The van der Waals surface area contributed by atoms with Gasteiger partial charge in [0, 0.05) is 43.1 Å². The van der Waals surface area contributed by atoms with E-state index in [-0.39, 0.29) is 31.4 Å². The Morgan fingerprint density at radius 1 is 1.06 bits per heavy atom. The highest BCUT2D eigenvalue weighted by Crippen LogP contribution is 2.42. The lowest BCUT2D eigenvalue weighted by atomic mass is 9.65. The minimum Gasteiger partial charge on any atom is -0.369 e. The zero-order valence-electron chi connectivity index (χ0n) is 18.8. The second-order valence-electron chi connectivity index (χ2n) is 8.63. The molecule has 1 fully saturated rings. The van der Waals surface area contributed by atoms with Crippen molar-refractivity contribution in [2.45, 2.75) is 31.1 Å². The summed E-state index contributed by atoms with van der Waals surface area (Å²) in [6, 6.07) is 5.93. The maximum absolute atomic E-state index is 13.6. The number of amides is 2. The fourth-order valence-corrected chi connectivity index (χ4v) is 4.52. The molecule has 0 saturated carbocycles. The summed E-state index contributed by atoms with van der Waals surface area (Å²) in [6.45, 7) is 2.27. The number of nitrogens with one attached hydrogen (secondary N) is 1. The predicted molar refractivity (Wildman–Crippen MR) is 114 cm³/mol. The third kappa shape index (κ3) is 4.63. The van der Waals surface area contributed by atoms with Crippen molar-refractivity contribution in [2.24, 2.45) is 11.7 Å². The molecule has 1 aliphatic heterocycles. The van der Waals surface area contributed by atoms with Gasteiger partial charge in [-0.25, -0.2) is 14.2 Å². The van der Waals surface area contributed by atoms with Crippen molar-refractivity contribution in [1.82, 2.24) is 19.5 Å². The Labute approximate surface area is 200 Å². The van der Waals surface area contributed by atoms with Crippen LogP contribution in [-0.4, -0.2) is 45.2 Å². The number of urea groups is 1. The predicted octanol–water partition coefficient (Wildman–Crippen LogP) is 4.68. The Hall–Kier alpha value is -3.58. The summed E-state index contributed by atoms with van der Waals surface area (Å²) in [6.07, 6.45) is -9.40. The van der Waals surface area contributed by atoms with Gasteiger partial charge in [-0.2, -0.15) is 36.0 Å². The summed E-state index contributed by atoms with van der Waals surface area (Å²) in [4.78, 5) is 16.2. The number of halogens is 7. The lowest BCUT2D eigenvalue weighted by Gasteiger charge is -2.50. The number of primary amides is 1. The van der Waals surface area contributed by atoms with Crippen LogP contribution in [0.2, 0.25) is 0 Å². The van der Waals surface area contributed by atoms with Crippen molar-refractivity contribution >= 4 is 17.5 Å². The highest BCUT2D eigenvalue weighted by atomic mass is 19.4. The number of fused-ring (bicyclic) bond motifs is 1. The summed E-state index contributed by atoms with van der Waals surface area (Å²) in [5, 5.41) is 6.24. The molecule has 1 atom stereocenters. The molecule has 4 rings (SSSR count). The number of benzene rings is 1. The molecule has 36 heavy (non-hydrogen) atoms. The summed E-state index contributed by atoms with van der Waals surface area (Å²) in [7, 11) is 0. The van der Waals surface area contributed by atoms with Crippen LogP contribution in [0, 0.1) is 11.7 Å². The molecule has 14 heteroatoms. The number of nitrogens with zero attached hydrogens (tertiary/aromatic N) is 4. The molecule has 2 aromatic heterocycles. The van der Waals surface area contributed by atoms with Crippen LogP contribution in [0.3, 0.4) is 0 Å². The molecule has 7 nitrogen and oxygen atoms in total. The minimum absolute atomic E-state index is 0.0516. The van der Waals surface area contributed by atoms with Crippen LogP contribution < -0.4 is 11.1 Å². The van der Waals surface area contributed by atoms with E-state index in [0.29, 0.717) is 28.6 Å².